The number of nitrogens with zero attached hydrogens (tertiary/aromatic N) is 1. The van der Waals surface area contributed by atoms with Crippen LogP contribution in [0.1, 0.15) is 64.7 Å². The molecule has 3 fully saturated rings. The Labute approximate surface area is 117 Å². The fraction of sp³-hybridized carbons (Fsp3) is 1.00. The van der Waals surface area contributed by atoms with Gasteiger partial charge in [-0.25, -0.2) is 0 Å². The summed E-state index contributed by atoms with van der Waals surface area (Å²) < 4.78 is 0. The highest BCUT2D eigenvalue weighted by Gasteiger charge is 2.44. The molecule has 0 spiro atoms. The van der Waals surface area contributed by atoms with Crippen LogP contribution in [0.5, 0.6) is 0 Å². The monoisotopic (exact) mass is 266 g/mol. The van der Waals surface area contributed by atoms with Crippen LogP contribution in [0.25, 0.3) is 0 Å². The van der Waals surface area contributed by atoms with Gasteiger partial charge in [0.15, 0.2) is 0 Å². The molecule has 3 heteroatoms. The van der Waals surface area contributed by atoms with E-state index in [0.717, 1.165) is 37.0 Å². The van der Waals surface area contributed by atoms with Gasteiger partial charge in [-0.05, 0) is 64.3 Å². The van der Waals surface area contributed by atoms with Gasteiger partial charge in [-0.1, -0.05) is 6.92 Å². The van der Waals surface area contributed by atoms with Crippen LogP contribution in [-0.4, -0.2) is 46.8 Å². The molecule has 0 amide bonds. The minimum Gasteiger partial charge on any atom is -0.393 e. The summed E-state index contributed by atoms with van der Waals surface area (Å²) in [5, 5.41) is 13.4. The summed E-state index contributed by atoms with van der Waals surface area (Å²) >= 11 is 0. The summed E-state index contributed by atoms with van der Waals surface area (Å²) in [5.41, 5.74) is 0. The van der Waals surface area contributed by atoms with Gasteiger partial charge in [0.1, 0.15) is 0 Å². The lowest BCUT2D eigenvalue weighted by molar-refractivity contribution is 0.0223. The highest BCUT2D eigenvalue weighted by molar-refractivity contribution is 5.00. The minimum absolute atomic E-state index is 0.0161. The lowest BCUT2D eigenvalue weighted by Gasteiger charge is -2.45. The van der Waals surface area contributed by atoms with E-state index < -0.39 is 0 Å². The molecule has 19 heavy (non-hydrogen) atoms. The molecule has 1 aliphatic carbocycles. The third-order valence-corrected chi connectivity index (χ3v) is 5.56. The van der Waals surface area contributed by atoms with Crippen molar-refractivity contribution in [1.82, 2.24) is 10.2 Å². The molecular weight excluding hydrogens is 236 g/mol. The molecule has 3 nitrogen and oxygen atoms in total. The number of piperidine rings is 1. The molecule has 2 atom stereocenters. The van der Waals surface area contributed by atoms with Gasteiger partial charge < -0.3 is 10.4 Å². The van der Waals surface area contributed by atoms with Crippen LogP contribution >= 0.6 is 0 Å². The first-order chi connectivity index (χ1) is 9.28. The number of rotatable bonds is 4. The van der Waals surface area contributed by atoms with Crippen LogP contribution in [0.4, 0.5) is 0 Å². The van der Waals surface area contributed by atoms with Gasteiger partial charge in [0, 0.05) is 24.2 Å². The summed E-state index contributed by atoms with van der Waals surface area (Å²) in [7, 11) is 0. The van der Waals surface area contributed by atoms with E-state index in [1.165, 1.54) is 51.5 Å². The maximum Gasteiger partial charge on any atom is 0.0541 e. The molecule has 0 radical (unpaired) electrons. The van der Waals surface area contributed by atoms with Gasteiger partial charge in [-0.3, -0.25) is 4.90 Å². The summed E-state index contributed by atoms with van der Waals surface area (Å²) in [6, 6.07) is 3.19. The summed E-state index contributed by atoms with van der Waals surface area (Å²) in [4.78, 5) is 2.86. The molecule has 2 unspecified atom stereocenters. The number of aliphatic hydroxyl groups excluding tert-OH is 1. The molecule has 2 heterocycles. The number of hydrogen-bond acceptors (Lipinski definition) is 3. The number of hydrogen-bond donors (Lipinski definition) is 2. The van der Waals surface area contributed by atoms with Gasteiger partial charge in [0.05, 0.1) is 6.10 Å². The maximum atomic E-state index is 9.68. The van der Waals surface area contributed by atoms with Gasteiger partial charge in [-0.2, -0.15) is 0 Å². The molecule has 0 aromatic heterocycles. The normalized spacial score (nSPS) is 43.6. The zero-order valence-electron chi connectivity index (χ0n) is 12.4. The Bertz CT molecular complexity index is 274. The van der Waals surface area contributed by atoms with E-state index in [0.29, 0.717) is 0 Å². The topological polar surface area (TPSA) is 35.5 Å². The second-order valence-electron chi connectivity index (χ2n) is 6.92. The van der Waals surface area contributed by atoms with Gasteiger partial charge >= 0.3 is 0 Å². The molecule has 2 bridgehead atoms. The van der Waals surface area contributed by atoms with E-state index in [9.17, 15) is 5.11 Å². The van der Waals surface area contributed by atoms with Crippen molar-refractivity contribution < 1.29 is 5.11 Å². The molecular formula is C16H30N2O. The summed E-state index contributed by atoms with van der Waals surface area (Å²) in [5.74, 6) is 0. The molecule has 3 rings (SSSR count). The SMILES string of the molecule is CCCNC1CC2CCC(C1)N2C1CCC(O)CC1. The van der Waals surface area contributed by atoms with Crippen LogP contribution in [-0.2, 0) is 0 Å². The van der Waals surface area contributed by atoms with Crippen molar-refractivity contribution in [2.45, 2.75) is 95.0 Å². The van der Waals surface area contributed by atoms with Crippen molar-refractivity contribution in [3.05, 3.63) is 0 Å². The molecule has 1 saturated carbocycles. The molecule has 0 aromatic carbocycles. The number of aliphatic hydroxyl groups is 1. The lowest BCUT2D eigenvalue weighted by Crippen LogP contribution is -2.54. The zero-order chi connectivity index (χ0) is 13.2. The smallest absolute Gasteiger partial charge is 0.0541 e. The molecule has 0 aromatic rings. The van der Waals surface area contributed by atoms with Crippen molar-refractivity contribution in [2.24, 2.45) is 0 Å². The summed E-state index contributed by atoms with van der Waals surface area (Å²) in [6.45, 7) is 3.43. The second-order valence-corrected chi connectivity index (χ2v) is 6.92. The van der Waals surface area contributed by atoms with E-state index in [4.69, 9.17) is 0 Å². The van der Waals surface area contributed by atoms with E-state index in [1.807, 2.05) is 0 Å². The Kier molecular flexibility index (Phi) is 4.45. The van der Waals surface area contributed by atoms with Gasteiger partial charge in [0.25, 0.3) is 0 Å². The quantitative estimate of drug-likeness (QED) is 0.819. The first-order valence-corrected chi connectivity index (χ1v) is 8.46. The number of fused-ring (bicyclic) bond motifs is 2. The van der Waals surface area contributed by atoms with Crippen molar-refractivity contribution in [1.29, 1.82) is 0 Å². The molecule has 3 aliphatic rings. The van der Waals surface area contributed by atoms with Crippen molar-refractivity contribution in [3.63, 3.8) is 0 Å². The van der Waals surface area contributed by atoms with Crippen LogP contribution in [0, 0.1) is 0 Å². The lowest BCUT2D eigenvalue weighted by atomic mass is 9.87. The highest BCUT2D eigenvalue weighted by atomic mass is 16.3. The molecule has 2 N–H and O–H groups in total. The van der Waals surface area contributed by atoms with E-state index in [2.05, 4.69) is 17.1 Å². The Morgan fingerprint density at radius 3 is 2.11 bits per heavy atom. The maximum absolute atomic E-state index is 9.68. The average molecular weight is 266 g/mol. The van der Waals surface area contributed by atoms with Crippen LogP contribution in [0.15, 0.2) is 0 Å². The second kappa shape index (κ2) is 6.11. The van der Waals surface area contributed by atoms with E-state index >= 15 is 0 Å². The first kappa shape index (κ1) is 13.8. The fourth-order valence-electron chi connectivity index (χ4n) is 4.68. The van der Waals surface area contributed by atoms with Gasteiger partial charge in [0.2, 0.25) is 0 Å². The van der Waals surface area contributed by atoms with Crippen LogP contribution in [0.2, 0.25) is 0 Å². The Balaban J connectivity index is 1.57. The zero-order valence-corrected chi connectivity index (χ0v) is 12.4. The fourth-order valence-corrected chi connectivity index (χ4v) is 4.68. The Morgan fingerprint density at radius 1 is 0.947 bits per heavy atom. The van der Waals surface area contributed by atoms with Gasteiger partial charge in [-0.15, -0.1) is 0 Å². The van der Waals surface area contributed by atoms with Crippen molar-refractivity contribution in [2.75, 3.05) is 6.54 Å². The predicted molar refractivity (Wildman–Crippen MR) is 78.2 cm³/mol. The molecule has 2 aliphatic heterocycles. The van der Waals surface area contributed by atoms with Crippen LogP contribution < -0.4 is 5.32 Å². The standard InChI is InChI=1S/C16H30N2O/c1-2-9-17-12-10-14-3-4-15(11-12)18(14)13-5-7-16(19)8-6-13/h12-17,19H,2-11H2,1H3. The first-order valence-electron chi connectivity index (χ1n) is 8.46. The van der Waals surface area contributed by atoms with E-state index in [-0.39, 0.29) is 6.10 Å². The number of nitrogens with one attached hydrogen (secondary N) is 1. The van der Waals surface area contributed by atoms with Crippen LogP contribution in [0.3, 0.4) is 0 Å². The molecule has 110 valence electrons. The van der Waals surface area contributed by atoms with Crippen molar-refractivity contribution in [3.8, 4) is 0 Å². The minimum atomic E-state index is -0.0161. The predicted octanol–water partition coefficient (Wildman–Crippen LogP) is 2.28. The van der Waals surface area contributed by atoms with Crippen molar-refractivity contribution >= 4 is 0 Å². The highest BCUT2D eigenvalue weighted by Crippen LogP contribution is 2.40. The largest absolute Gasteiger partial charge is 0.393 e. The Morgan fingerprint density at radius 2 is 1.53 bits per heavy atom. The Hall–Kier alpha value is -0.120. The third kappa shape index (κ3) is 2.98. The summed E-state index contributed by atoms with van der Waals surface area (Å²) in [6.07, 6.45) is 11.3. The van der Waals surface area contributed by atoms with E-state index in [1.54, 1.807) is 0 Å². The average Bonchev–Trinajstić information content (AvgIpc) is 2.69. The molecule has 2 saturated heterocycles. The third-order valence-electron chi connectivity index (χ3n) is 5.56.